The Morgan fingerprint density at radius 2 is 2.05 bits per heavy atom. The number of ether oxygens (including phenoxy) is 1. The number of halogens is 1. The molecule has 0 radical (unpaired) electrons. The fourth-order valence-corrected chi connectivity index (χ4v) is 2.36. The van der Waals surface area contributed by atoms with Crippen molar-refractivity contribution in [1.29, 1.82) is 0 Å². The summed E-state index contributed by atoms with van der Waals surface area (Å²) in [5, 5.41) is 9.97. The molecule has 0 aliphatic heterocycles. The van der Waals surface area contributed by atoms with Crippen molar-refractivity contribution in [2.45, 2.75) is 13.0 Å². The summed E-state index contributed by atoms with van der Waals surface area (Å²) in [4.78, 5) is 23.3. The second-order valence-electron chi connectivity index (χ2n) is 4.80. The number of fused-ring (bicyclic) bond motifs is 2. The Morgan fingerprint density at radius 3 is 2.77 bits per heavy atom. The fraction of sp³-hybridized carbons (Fsp3) is 0.125. The second-order valence-corrected chi connectivity index (χ2v) is 5.21. The van der Waals surface area contributed by atoms with Crippen LogP contribution in [0, 0.1) is 0 Å². The van der Waals surface area contributed by atoms with E-state index in [0.29, 0.717) is 32.7 Å². The predicted octanol–water partition coefficient (Wildman–Crippen LogP) is 3.45. The standard InChI is InChI=1S/C16H11ClO5/c1-8(16(19)20)21-9-5-6-10-13(7-9)22-15-11(14(10)18)3-2-4-12(15)17/h2-8H,1H3,(H,19,20). The molecule has 0 amide bonds. The summed E-state index contributed by atoms with van der Waals surface area (Å²) < 4.78 is 11.0. The monoisotopic (exact) mass is 318 g/mol. The quantitative estimate of drug-likeness (QED) is 0.748. The molecule has 3 rings (SSSR count). The molecule has 3 aromatic rings. The van der Waals surface area contributed by atoms with E-state index in [1.54, 1.807) is 24.3 Å². The van der Waals surface area contributed by atoms with Gasteiger partial charge in [-0.05, 0) is 31.2 Å². The summed E-state index contributed by atoms with van der Waals surface area (Å²) in [6.45, 7) is 1.42. The third-order valence-corrected chi connectivity index (χ3v) is 3.58. The van der Waals surface area contributed by atoms with Gasteiger partial charge in [0, 0.05) is 6.07 Å². The number of benzene rings is 2. The molecule has 1 unspecified atom stereocenters. The molecule has 1 aromatic heterocycles. The Labute approximate surface area is 129 Å². The van der Waals surface area contributed by atoms with E-state index >= 15 is 0 Å². The zero-order chi connectivity index (χ0) is 15.9. The number of carbonyl (C=O) groups is 1. The van der Waals surface area contributed by atoms with Gasteiger partial charge in [0.15, 0.2) is 11.7 Å². The summed E-state index contributed by atoms with van der Waals surface area (Å²) in [5.41, 5.74) is 0.391. The molecule has 6 heteroatoms. The van der Waals surface area contributed by atoms with Crippen LogP contribution in [0.2, 0.25) is 5.02 Å². The maximum atomic E-state index is 12.4. The van der Waals surface area contributed by atoms with Crippen molar-refractivity contribution in [3.63, 3.8) is 0 Å². The van der Waals surface area contributed by atoms with Gasteiger partial charge in [0.2, 0.25) is 5.43 Å². The van der Waals surface area contributed by atoms with E-state index in [2.05, 4.69) is 0 Å². The maximum Gasteiger partial charge on any atom is 0.344 e. The van der Waals surface area contributed by atoms with Crippen LogP contribution in [0.3, 0.4) is 0 Å². The highest BCUT2D eigenvalue weighted by atomic mass is 35.5. The number of para-hydroxylation sites is 1. The third kappa shape index (κ3) is 2.40. The van der Waals surface area contributed by atoms with Crippen LogP contribution >= 0.6 is 11.6 Å². The molecule has 5 nitrogen and oxygen atoms in total. The molecule has 1 heterocycles. The first kappa shape index (κ1) is 14.4. The van der Waals surface area contributed by atoms with E-state index in [1.165, 1.54) is 19.1 Å². The van der Waals surface area contributed by atoms with Gasteiger partial charge in [-0.2, -0.15) is 0 Å². The Morgan fingerprint density at radius 1 is 1.27 bits per heavy atom. The molecule has 1 N–H and O–H groups in total. The van der Waals surface area contributed by atoms with Gasteiger partial charge in [-0.25, -0.2) is 4.79 Å². The Kier molecular flexibility index (Phi) is 3.50. The van der Waals surface area contributed by atoms with Crippen molar-refractivity contribution in [3.05, 3.63) is 51.6 Å². The lowest BCUT2D eigenvalue weighted by Crippen LogP contribution is -2.22. The molecular formula is C16H11ClO5. The van der Waals surface area contributed by atoms with E-state index in [4.69, 9.17) is 25.9 Å². The number of rotatable bonds is 3. The molecule has 0 aliphatic rings. The van der Waals surface area contributed by atoms with Crippen molar-refractivity contribution in [2.24, 2.45) is 0 Å². The highest BCUT2D eigenvalue weighted by Crippen LogP contribution is 2.27. The zero-order valence-corrected chi connectivity index (χ0v) is 12.3. The predicted molar refractivity (Wildman–Crippen MR) is 82.7 cm³/mol. The van der Waals surface area contributed by atoms with Crippen LogP contribution in [0.4, 0.5) is 0 Å². The van der Waals surface area contributed by atoms with Crippen LogP contribution in [0.1, 0.15) is 6.92 Å². The van der Waals surface area contributed by atoms with Gasteiger partial charge in [0.25, 0.3) is 0 Å². The average Bonchev–Trinajstić information content (AvgIpc) is 2.48. The van der Waals surface area contributed by atoms with Crippen molar-refractivity contribution >= 4 is 39.5 Å². The van der Waals surface area contributed by atoms with Gasteiger partial charge in [-0.1, -0.05) is 17.7 Å². The molecule has 1 atom stereocenters. The number of carboxylic acid groups (broad SMARTS) is 1. The summed E-state index contributed by atoms with van der Waals surface area (Å²) in [6.07, 6.45) is -1.01. The highest BCUT2D eigenvalue weighted by Gasteiger charge is 2.15. The molecule has 2 aromatic carbocycles. The number of aliphatic carboxylic acids is 1. The van der Waals surface area contributed by atoms with Gasteiger partial charge >= 0.3 is 5.97 Å². The van der Waals surface area contributed by atoms with Crippen LogP contribution < -0.4 is 10.2 Å². The normalized spacial score (nSPS) is 12.5. The van der Waals surface area contributed by atoms with Crippen LogP contribution in [0.25, 0.3) is 21.9 Å². The van der Waals surface area contributed by atoms with Gasteiger partial charge in [0.1, 0.15) is 11.3 Å². The lowest BCUT2D eigenvalue weighted by atomic mass is 10.1. The fourth-order valence-electron chi connectivity index (χ4n) is 2.15. The van der Waals surface area contributed by atoms with Gasteiger partial charge in [-0.3, -0.25) is 4.79 Å². The van der Waals surface area contributed by atoms with Crippen LogP contribution in [-0.4, -0.2) is 17.2 Å². The van der Waals surface area contributed by atoms with Crippen molar-refractivity contribution in [3.8, 4) is 5.75 Å². The number of hydrogen-bond donors (Lipinski definition) is 1. The van der Waals surface area contributed by atoms with Gasteiger partial charge in [-0.15, -0.1) is 0 Å². The van der Waals surface area contributed by atoms with E-state index in [0.717, 1.165) is 0 Å². The molecule has 0 spiro atoms. The van der Waals surface area contributed by atoms with Gasteiger partial charge < -0.3 is 14.3 Å². The Hall–Kier alpha value is -2.53. The summed E-state index contributed by atoms with van der Waals surface area (Å²) in [6, 6.07) is 9.52. The molecule has 0 saturated carbocycles. The Balaban J connectivity index is 2.20. The minimum atomic E-state index is -1.08. The zero-order valence-electron chi connectivity index (χ0n) is 11.5. The molecule has 0 fully saturated rings. The van der Waals surface area contributed by atoms with E-state index in [9.17, 15) is 9.59 Å². The largest absolute Gasteiger partial charge is 0.479 e. The minimum absolute atomic E-state index is 0.198. The lowest BCUT2D eigenvalue weighted by Gasteiger charge is -2.10. The van der Waals surface area contributed by atoms with Crippen LogP contribution in [0.5, 0.6) is 5.75 Å². The lowest BCUT2D eigenvalue weighted by molar-refractivity contribution is -0.144. The van der Waals surface area contributed by atoms with Crippen LogP contribution in [0.15, 0.2) is 45.6 Å². The van der Waals surface area contributed by atoms with E-state index < -0.39 is 12.1 Å². The average molecular weight is 319 g/mol. The molecule has 0 aliphatic carbocycles. The second kappa shape index (κ2) is 5.35. The summed E-state index contributed by atoms with van der Waals surface area (Å²) >= 11 is 6.05. The molecule has 0 saturated heterocycles. The smallest absolute Gasteiger partial charge is 0.344 e. The minimum Gasteiger partial charge on any atom is -0.479 e. The SMILES string of the molecule is CC(Oc1ccc2c(=O)c3cccc(Cl)c3oc2c1)C(=O)O. The van der Waals surface area contributed by atoms with Gasteiger partial charge in [0.05, 0.1) is 15.8 Å². The topological polar surface area (TPSA) is 76.7 Å². The first-order chi connectivity index (χ1) is 10.5. The summed E-state index contributed by atoms with van der Waals surface area (Å²) in [5.74, 6) is -0.778. The third-order valence-electron chi connectivity index (χ3n) is 3.28. The first-order valence-corrected chi connectivity index (χ1v) is 6.89. The number of hydrogen-bond acceptors (Lipinski definition) is 4. The van der Waals surface area contributed by atoms with Crippen molar-refractivity contribution in [2.75, 3.05) is 0 Å². The maximum absolute atomic E-state index is 12.4. The van der Waals surface area contributed by atoms with Crippen LogP contribution in [-0.2, 0) is 4.79 Å². The highest BCUT2D eigenvalue weighted by molar-refractivity contribution is 6.34. The summed E-state index contributed by atoms with van der Waals surface area (Å²) in [7, 11) is 0. The molecule has 0 bridgehead atoms. The Bertz CT molecular complexity index is 944. The first-order valence-electron chi connectivity index (χ1n) is 6.52. The molecular weight excluding hydrogens is 308 g/mol. The van der Waals surface area contributed by atoms with E-state index in [1.807, 2.05) is 0 Å². The molecule has 112 valence electrons. The van der Waals surface area contributed by atoms with Crippen molar-refractivity contribution in [1.82, 2.24) is 0 Å². The van der Waals surface area contributed by atoms with E-state index in [-0.39, 0.29) is 5.43 Å². The number of carboxylic acids is 1. The van der Waals surface area contributed by atoms with Crippen molar-refractivity contribution < 1.29 is 19.1 Å². The molecule has 22 heavy (non-hydrogen) atoms.